The summed E-state index contributed by atoms with van der Waals surface area (Å²) in [5.41, 5.74) is 0.987. The van der Waals surface area contributed by atoms with Gasteiger partial charge in [-0.3, -0.25) is 9.78 Å². The van der Waals surface area contributed by atoms with Crippen molar-refractivity contribution in [2.24, 2.45) is 0 Å². The van der Waals surface area contributed by atoms with Gasteiger partial charge in [0.15, 0.2) is 0 Å². The SMILES string of the molecule is N#CC(=Cc1ccncc1)C(=O)Nc1ccc(C(=O)[O-])cc1. The lowest BCUT2D eigenvalue weighted by atomic mass is 10.1. The quantitative estimate of drug-likeness (QED) is 0.668. The number of aromatic carboxylic acids is 1. The molecule has 0 fully saturated rings. The first kappa shape index (κ1) is 14.9. The van der Waals surface area contributed by atoms with Crippen LogP contribution in [-0.2, 0) is 4.79 Å². The maximum atomic E-state index is 12.0. The molecule has 1 heterocycles. The van der Waals surface area contributed by atoms with Gasteiger partial charge in [0.2, 0.25) is 0 Å². The number of nitrogens with one attached hydrogen (secondary N) is 1. The van der Waals surface area contributed by atoms with Crippen LogP contribution in [-0.4, -0.2) is 16.9 Å². The van der Waals surface area contributed by atoms with Crippen LogP contribution >= 0.6 is 0 Å². The molecule has 0 aliphatic heterocycles. The van der Waals surface area contributed by atoms with Crippen LogP contribution in [0.3, 0.4) is 0 Å². The number of nitrogens with zero attached hydrogens (tertiary/aromatic N) is 2. The minimum Gasteiger partial charge on any atom is -0.545 e. The van der Waals surface area contributed by atoms with Gasteiger partial charge in [-0.05, 0) is 41.5 Å². The summed E-state index contributed by atoms with van der Waals surface area (Å²) in [5, 5.41) is 22.2. The monoisotopic (exact) mass is 292 g/mol. The highest BCUT2D eigenvalue weighted by Crippen LogP contribution is 2.12. The van der Waals surface area contributed by atoms with Crippen molar-refractivity contribution < 1.29 is 14.7 Å². The summed E-state index contributed by atoms with van der Waals surface area (Å²) < 4.78 is 0. The summed E-state index contributed by atoms with van der Waals surface area (Å²) in [6.07, 6.45) is 4.54. The lowest BCUT2D eigenvalue weighted by Gasteiger charge is -2.06. The number of benzene rings is 1. The molecule has 0 aliphatic rings. The molecule has 0 bridgehead atoms. The van der Waals surface area contributed by atoms with Crippen LogP contribution in [0.2, 0.25) is 0 Å². The van der Waals surface area contributed by atoms with E-state index in [1.807, 2.05) is 6.07 Å². The first-order chi connectivity index (χ1) is 10.6. The van der Waals surface area contributed by atoms with E-state index in [2.05, 4.69) is 10.3 Å². The summed E-state index contributed by atoms with van der Waals surface area (Å²) in [6, 6.07) is 10.6. The van der Waals surface area contributed by atoms with Crippen LogP contribution in [0.5, 0.6) is 0 Å². The largest absolute Gasteiger partial charge is 0.545 e. The van der Waals surface area contributed by atoms with Gasteiger partial charge in [-0.2, -0.15) is 5.26 Å². The van der Waals surface area contributed by atoms with Crippen molar-refractivity contribution in [2.75, 3.05) is 5.32 Å². The summed E-state index contributed by atoms with van der Waals surface area (Å²) in [4.78, 5) is 26.5. The second kappa shape index (κ2) is 6.81. The molecule has 0 unspecified atom stereocenters. The number of carbonyl (C=O) groups excluding carboxylic acids is 2. The van der Waals surface area contributed by atoms with Crippen molar-refractivity contribution in [1.29, 1.82) is 5.26 Å². The molecule has 2 aromatic rings. The molecule has 1 aromatic carbocycles. The maximum Gasteiger partial charge on any atom is 0.266 e. The zero-order valence-electron chi connectivity index (χ0n) is 11.3. The molecule has 108 valence electrons. The Morgan fingerprint density at radius 2 is 1.77 bits per heavy atom. The lowest BCUT2D eigenvalue weighted by molar-refractivity contribution is -0.255. The Hall–Kier alpha value is -3.46. The highest BCUT2D eigenvalue weighted by Gasteiger charge is 2.09. The second-order valence-electron chi connectivity index (χ2n) is 4.27. The van der Waals surface area contributed by atoms with E-state index in [0.717, 1.165) is 0 Å². The van der Waals surface area contributed by atoms with Crippen LogP contribution < -0.4 is 10.4 Å². The molecule has 2 rings (SSSR count). The average Bonchev–Trinajstić information content (AvgIpc) is 2.54. The Morgan fingerprint density at radius 1 is 1.14 bits per heavy atom. The lowest BCUT2D eigenvalue weighted by Crippen LogP contribution is -2.22. The molecular formula is C16H10N3O3-. The van der Waals surface area contributed by atoms with E-state index in [9.17, 15) is 14.7 Å². The smallest absolute Gasteiger partial charge is 0.266 e. The fourth-order valence-electron chi connectivity index (χ4n) is 1.66. The van der Waals surface area contributed by atoms with E-state index < -0.39 is 11.9 Å². The van der Waals surface area contributed by atoms with Crippen molar-refractivity contribution in [2.45, 2.75) is 0 Å². The summed E-state index contributed by atoms with van der Waals surface area (Å²) >= 11 is 0. The van der Waals surface area contributed by atoms with Gasteiger partial charge in [0.05, 0.1) is 5.97 Å². The highest BCUT2D eigenvalue weighted by molar-refractivity contribution is 6.09. The summed E-state index contributed by atoms with van der Waals surface area (Å²) in [6.45, 7) is 0. The Kier molecular flexibility index (Phi) is 4.63. The first-order valence-corrected chi connectivity index (χ1v) is 6.25. The number of carboxylic acids is 1. The fourth-order valence-corrected chi connectivity index (χ4v) is 1.66. The van der Waals surface area contributed by atoms with Gasteiger partial charge in [-0.25, -0.2) is 0 Å². The molecule has 0 atom stereocenters. The summed E-state index contributed by atoms with van der Waals surface area (Å²) in [5.74, 6) is -1.88. The van der Waals surface area contributed by atoms with Crippen molar-refractivity contribution in [3.8, 4) is 6.07 Å². The van der Waals surface area contributed by atoms with E-state index >= 15 is 0 Å². The molecule has 6 heteroatoms. The standard InChI is InChI=1S/C16H11N3O3/c17-10-13(9-11-5-7-18-8-6-11)15(20)19-14-3-1-12(2-4-14)16(21)22/h1-9H,(H,19,20)(H,21,22)/p-1. The number of rotatable bonds is 4. The second-order valence-corrected chi connectivity index (χ2v) is 4.27. The van der Waals surface area contributed by atoms with Crippen molar-refractivity contribution >= 4 is 23.6 Å². The molecule has 0 saturated heterocycles. The molecule has 6 nitrogen and oxygen atoms in total. The topological polar surface area (TPSA) is 106 Å². The highest BCUT2D eigenvalue weighted by atomic mass is 16.4. The van der Waals surface area contributed by atoms with E-state index in [0.29, 0.717) is 11.3 Å². The number of hydrogen-bond acceptors (Lipinski definition) is 5. The van der Waals surface area contributed by atoms with E-state index in [4.69, 9.17) is 5.26 Å². The molecule has 1 N–H and O–H groups in total. The van der Waals surface area contributed by atoms with Crippen molar-refractivity contribution in [3.05, 3.63) is 65.5 Å². The Labute approximate surface area is 126 Å². The third-order valence-electron chi connectivity index (χ3n) is 2.76. The number of amides is 1. The average molecular weight is 292 g/mol. The third kappa shape index (κ3) is 3.77. The molecular weight excluding hydrogens is 282 g/mol. The Balaban J connectivity index is 2.15. The molecule has 0 spiro atoms. The van der Waals surface area contributed by atoms with Crippen LogP contribution in [0, 0.1) is 11.3 Å². The van der Waals surface area contributed by atoms with Crippen LogP contribution in [0.15, 0.2) is 54.4 Å². The van der Waals surface area contributed by atoms with Crippen molar-refractivity contribution in [3.63, 3.8) is 0 Å². The molecule has 1 aromatic heterocycles. The van der Waals surface area contributed by atoms with Gasteiger partial charge in [-0.1, -0.05) is 12.1 Å². The third-order valence-corrected chi connectivity index (χ3v) is 2.76. The molecule has 1 amide bonds. The number of nitriles is 1. The van der Waals surface area contributed by atoms with Crippen LogP contribution in [0.25, 0.3) is 6.08 Å². The molecule has 0 saturated carbocycles. The maximum absolute atomic E-state index is 12.0. The van der Waals surface area contributed by atoms with Gasteiger partial charge in [0, 0.05) is 18.1 Å². The number of hydrogen-bond donors (Lipinski definition) is 1. The van der Waals surface area contributed by atoms with E-state index in [1.54, 1.807) is 24.5 Å². The number of pyridine rings is 1. The predicted octanol–water partition coefficient (Wildman–Crippen LogP) is 0.991. The van der Waals surface area contributed by atoms with Gasteiger partial charge in [0.25, 0.3) is 5.91 Å². The zero-order valence-corrected chi connectivity index (χ0v) is 11.3. The normalized spacial score (nSPS) is 10.6. The molecule has 0 radical (unpaired) electrons. The minimum absolute atomic E-state index is 0.00540. The van der Waals surface area contributed by atoms with Gasteiger partial charge < -0.3 is 15.2 Å². The predicted molar refractivity (Wildman–Crippen MR) is 77.2 cm³/mol. The Bertz CT molecular complexity index is 759. The molecule has 22 heavy (non-hydrogen) atoms. The number of aromatic nitrogens is 1. The summed E-state index contributed by atoms with van der Waals surface area (Å²) in [7, 11) is 0. The van der Waals surface area contributed by atoms with Crippen molar-refractivity contribution in [1.82, 2.24) is 4.98 Å². The molecule has 0 aliphatic carbocycles. The van der Waals surface area contributed by atoms with Crippen LogP contribution in [0.1, 0.15) is 15.9 Å². The van der Waals surface area contributed by atoms with Gasteiger partial charge in [0.1, 0.15) is 11.6 Å². The first-order valence-electron chi connectivity index (χ1n) is 6.25. The van der Waals surface area contributed by atoms with Crippen LogP contribution in [0.4, 0.5) is 5.69 Å². The van der Waals surface area contributed by atoms with Gasteiger partial charge in [-0.15, -0.1) is 0 Å². The minimum atomic E-state index is -1.30. The number of anilines is 1. The fraction of sp³-hybridized carbons (Fsp3) is 0. The Morgan fingerprint density at radius 3 is 2.32 bits per heavy atom. The van der Waals surface area contributed by atoms with E-state index in [1.165, 1.54) is 30.3 Å². The zero-order chi connectivity index (χ0) is 15.9. The number of carboxylic acid groups (broad SMARTS) is 1. The van der Waals surface area contributed by atoms with E-state index in [-0.39, 0.29) is 11.1 Å². The number of carbonyl (C=O) groups is 2. The van der Waals surface area contributed by atoms with Gasteiger partial charge >= 0.3 is 0 Å².